The van der Waals surface area contributed by atoms with E-state index in [4.69, 9.17) is 5.73 Å². The number of halogens is 1. The van der Waals surface area contributed by atoms with E-state index in [0.717, 1.165) is 0 Å². The summed E-state index contributed by atoms with van der Waals surface area (Å²) in [4.78, 5) is 10.8. The minimum Gasteiger partial charge on any atom is -0.366 e. The number of amides is 1. The molecule has 0 saturated carbocycles. The number of aryl methyl sites for hydroxylation is 1. The Hall–Kier alpha value is -1.38. The number of primary amides is 1. The van der Waals surface area contributed by atoms with Crippen molar-refractivity contribution in [3.8, 4) is 0 Å². The van der Waals surface area contributed by atoms with Gasteiger partial charge in [0.25, 0.3) is 0 Å². The standard InChI is InChI=1S/C9H10FNO/c1-5-3-7(9(11)12)6(2)8(10)4-5/h3-4H,1-2H3,(H2,11,12). The Labute approximate surface area is 70.2 Å². The second kappa shape index (κ2) is 2.93. The summed E-state index contributed by atoms with van der Waals surface area (Å²) >= 11 is 0. The molecule has 2 nitrogen and oxygen atoms in total. The Balaban J connectivity index is 3.37. The maximum atomic E-state index is 13.0. The van der Waals surface area contributed by atoms with E-state index in [0.29, 0.717) is 11.1 Å². The Morgan fingerprint density at radius 2 is 2.00 bits per heavy atom. The lowest BCUT2D eigenvalue weighted by molar-refractivity contribution is 0.0999. The van der Waals surface area contributed by atoms with Crippen LogP contribution in [0.4, 0.5) is 4.39 Å². The molecule has 2 N–H and O–H groups in total. The zero-order valence-corrected chi connectivity index (χ0v) is 7.02. The second-order valence-electron chi connectivity index (χ2n) is 2.78. The van der Waals surface area contributed by atoms with Gasteiger partial charge in [-0.15, -0.1) is 0 Å². The summed E-state index contributed by atoms with van der Waals surface area (Å²) in [5.41, 5.74) is 6.32. The Morgan fingerprint density at radius 3 is 2.50 bits per heavy atom. The molecule has 3 heteroatoms. The van der Waals surface area contributed by atoms with Gasteiger partial charge in [-0.3, -0.25) is 4.79 Å². The van der Waals surface area contributed by atoms with E-state index in [1.165, 1.54) is 13.0 Å². The maximum Gasteiger partial charge on any atom is 0.249 e. The van der Waals surface area contributed by atoms with Crippen LogP contribution in [0.5, 0.6) is 0 Å². The highest BCUT2D eigenvalue weighted by Gasteiger charge is 2.09. The second-order valence-corrected chi connectivity index (χ2v) is 2.78. The maximum absolute atomic E-state index is 13.0. The van der Waals surface area contributed by atoms with Gasteiger partial charge >= 0.3 is 0 Å². The smallest absolute Gasteiger partial charge is 0.249 e. The van der Waals surface area contributed by atoms with Gasteiger partial charge in [0.15, 0.2) is 0 Å². The average Bonchev–Trinajstić information content (AvgIpc) is 1.96. The number of nitrogens with two attached hydrogens (primary N) is 1. The average molecular weight is 167 g/mol. The van der Waals surface area contributed by atoms with E-state index in [-0.39, 0.29) is 11.4 Å². The normalized spacial score (nSPS) is 9.92. The highest BCUT2D eigenvalue weighted by molar-refractivity contribution is 5.94. The van der Waals surface area contributed by atoms with E-state index in [1.54, 1.807) is 13.0 Å². The van der Waals surface area contributed by atoms with Gasteiger partial charge in [-0.2, -0.15) is 0 Å². The van der Waals surface area contributed by atoms with Crippen LogP contribution in [-0.2, 0) is 0 Å². The van der Waals surface area contributed by atoms with Crippen molar-refractivity contribution in [1.82, 2.24) is 0 Å². The lowest BCUT2D eigenvalue weighted by Gasteiger charge is -2.03. The highest BCUT2D eigenvalue weighted by Crippen LogP contribution is 2.14. The first kappa shape index (κ1) is 8.71. The Bertz CT molecular complexity index is 334. The van der Waals surface area contributed by atoms with Crippen LogP contribution in [0.15, 0.2) is 12.1 Å². The van der Waals surface area contributed by atoms with E-state index >= 15 is 0 Å². The molecule has 0 aliphatic carbocycles. The summed E-state index contributed by atoms with van der Waals surface area (Å²) in [7, 11) is 0. The van der Waals surface area contributed by atoms with E-state index in [9.17, 15) is 9.18 Å². The fourth-order valence-electron chi connectivity index (χ4n) is 1.07. The Kier molecular flexibility index (Phi) is 2.13. The van der Waals surface area contributed by atoms with Gasteiger partial charge in [-0.05, 0) is 37.1 Å². The van der Waals surface area contributed by atoms with Crippen molar-refractivity contribution < 1.29 is 9.18 Å². The molecule has 0 radical (unpaired) electrons. The van der Waals surface area contributed by atoms with E-state index in [1.807, 2.05) is 0 Å². The van der Waals surface area contributed by atoms with Crippen LogP contribution in [0.1, 0.15) is 21.5 Å². The fourth-order valence-corrected chi connectivity index (χ4v) is 1.07. The molecule has 0 heterocycles. The molecule has 1 aromatic carbocycles. The quantitative estimate of drug-likeness (QED) is 0.677. The van der Waals surface area contributed by atoms with Crippen molar-refractivity contribution in [2.45, 2.75) is 13.8 Å². The van der Waals surface area contributed by atoms with Crippen molar-refractivity contribution in [2.75, 3.05) is 0 Å². The number of rotatable bonds is 1. The monoisotopic (exact) mass is 167 g/mol. The zero-order valence-electron chi connectivity index (χ0n) is 7.02. The van der Waals surface area contributed by atoms with Gasteiger partial charge in [0, 0.05) is 5.56 Å². The summed E-state index contributed by atoms with van der Waals surface area (Å²) in [6, 6.07) is 2.96. The fraction of sp³-hybridized carbons (Fsp3) is 0.222. The van der Waals surface area contributed by atoms with Crippen LogP contribution >= 0.6 is 0 Å². The zero-order chi connectivity index (χ0) is 9.30. The lowest BCUT2D eigenvalue weighted by Crippen LogP contribution is -2.13. The van der Waals surface area contributed by atoms with Crippen molar-refractivity contribution >= 4 is 5.91 Å². The van der Waals surface area contributed by atoms with Crippen LogP contribution in [0, 0.1) is 19.7 Å². The number of benzene rings is 1. The third-order valence-electron chi connectivity index (χ3n) is 1.75. The van der Waals surface area contributed by atoms with Crippen molar-refractivity contribution in [3.05, 3.63) is 34.6 Å². The summed E-state index contributed by atoms with van der Waals surface area (Å²) < 4.78 is 13.0. The molecule has 1 amide bonds. The van der Waals surface area contributed by atoms with Gasteiger partial charge in [0.05, 0.1) is 0 Å². The molecule has 64 valence electrons. The highest BCUT2D eigenvalue weighted by atomic mass is 19.1. The van der Waals surface area contributed by atoms with Crippen molar-refractivity contribution in [1.29, 1.82) is 0 Å². The van der Waals surface area contributed by atoms with Gasteiger partial charge in [0.1, 0.15) is 5.82 Å². The first-order valence-corrected chi connectivity index (χ1v) is 3.59. The summed E-state index contributed by atoms with van der Waals surface area (Å²) in [6.07, 6.45) is 0. The molecule has 0 aliphatic heterocycles. The van der Waals surface area contributed by atoms with E-state index < -0.39 is 5.91 Å². The first-order chi connectivity index (χ1) is 5.52. The predicted octanol–water partition coefficient (Wildman–Crippen LogP) is 1.54. The molecule has 0 atom stereocenters. The molecule has 0 aliphatic rings. The van der Waals surface area contributed by atoms with Crippen LogP contribution in [0.3, 0.4) is 0 Å². The van der Waals surface area contributed by atoms with Crippen LogP contribution in [-0.4, -0.2) is 5.91 Å². The van der Waals surface area contributed by atoms with Crippen molar-refractivity contribution in [2.24, 2.45) is 5.73 Å². The number of carbonyl (C=O) groups is 1. The molecule has 0 bridgehead atoms. The summed E-state index contributed by atoms with van der Waals surface area (Å²) in [5, 5.41) is 0. The van der Waals surface area contributed by atoms with Gasteiger partial charge in [-0.1, -0.05) is 0 Å². The molecule has 0 fully saturated rings. The summed E-state index contributed by atoms with van der Waals surface area (Å²) in [6.45, 7) is 3.25. The van der Waals surface area contributed by atoms with Crippen LogP contribution < -0.4 is 5.73 Å². The SMILES string of the molecule is Cc1cc(F)c(C)c(C(N)=O)c1. The molecule has 0 unspecified atom stereocenters. The first-order valence-electron chi connectivity index (χ1n) is 3.59. The summed E-state index contributed by atoms with van der Waals surface area (Å²) in [5.74, 6) is -0.973. The number of hydrogen-bond donors (Lipinski definition) is 1. The topological polar surface area (TPSA) is 43.1 Å². The molecule has 12 heavy (non-hydrogen) atoms. The van der Waals surface area contributed by atoms with Gasteiger partial charge in [0.2, 0.25) is 5.91 Å². The van der Waals surface area contributed by atoms with Crippen LogP contribution in [0.25, 0.3) is 0 Å². The predicted molar refractivity (Wildman–Crippen MR) is 44.4 cm³/mol. The Morgan fingerprint density at radius 1 is 1.42 bits per heavy atom. The third kappa shape index (κ3) is 1.44. The molecular weight excluding hydrogens is 157 g/mol. The largest absolute Gasteiger partial charge is 0.366 e. The molecule has 1 rings (SSSR count). The number of carbonyl (C=O) groups excluding carboxylic acids is 1. The molecule has 0 spiro atoms. The molecule has 1 aromatic rings. The van der Waals surface area contributed by atoms with Gasteiger partial charge < -0.3 is 5.73 Å². The lowest BCUT2D eigenvalue weighted by atomic mass is 10.0. The minimum atomic E-state index is -0.588. The molecule has 0 aromatic heterocycles. The molecule has 0 saturated heterocycles. The number of hydrogen-bond acceptors (Lipinski definition) is 1. The van der Waals surface area contributed by atoms with Crippen molar-refractivity contribution in [3.63, 3.8) is 0 Å². The van der Waals surface area contributed by atoms with Gasteiger partial charge in [-0.25, -0.2) is 4.39 Å². The third-order valence-corrected chi connectivity index (χ3v) is 1.75. The molecular formula is C9H10FNO. The van der Waals surface area contributed by atoms with E-state index in [2.05, 4.69) is 0 Å². The van der Waals surface area contributed by atoms with Crippen LogP contribution in [0.2, 0.25) is 0 Å². The minimum absolute atomic E-state index is 0.257.